The monoisotopic (exact) mass is 1330 g/mol. The molecule has 12 atom stereocenters. The molecule has 0 saturated carbocycles. The van der Waals surface area contributed by atoms with Crippen LogP contribution in [0.15, 0.2) is 121 Å². The Morgan fingerprint density at radius 3 is 1.43 bits per heavy atom. The largest absolute Gasteiger partial charge is 0.507 e. The molecule has 520 valence electrons. The first kappa shape index (κ1) is 70.8. The van der Waals surface area contributed by atoms with Crippen molar-refractivity contribution < 1.29 is 82.6 Å². The number of nitrogens with zero attached hydrogens (tertiary/aromatic N) is 2. The standard InChI is InChI=1S/C78H96N2O17/c1-45(35-75(9,10)42-80-71(87)64-62-26-29-78(97-62,67(64)73(80)89)65(50-31-46(2)68(84)47(3)32-50)51-33-48(4)69(85)49(5)34-51)27-30-79-70(86)63-61-25-28-77(96-61,66(63)72(79)88)43-90-36-55(81)39-93-59-21-15-53(16-22-59)76(11,12)54-17-23-60(24-18-54)95-41-57(83)38-92-44-91-37-56(82)40-94-58-19-13-52(14-20-58)74(6,7)8/h13-26,28-29,31-34,45,55-57,61-67,81-85H,27,30,35-44H2,1-12H3. The maximum absolute atomic E-state index is 15.0. The number of amides is 4. The number of hydrogen-bond acceptors (Lipinski definition) is 17. The molecule has 6 aliphatic rings. The number of phenols is 2. The van der Waals surface area contributed by atoms with E-state index in [2.05, 4.69) is 41.5 Å². The predicted octanol–water partition coefficient (Wildman–Crippen LogP) is 9.77. The first-order valence-corrected chi connectivity index (χ1v) is 33.9. The average Bonchev–Trinajstić information content (AvgIpc) is 1.53. The maximum atomic E-state index is 15.0. The van der Waals surface area contributed by atoms with Crippen LogP contribution < -0.4 is 14.2 Å². The molecule has 4 bridgehead atoms. The van der Waals surface area contributed by atoms with Crippen LogP contribution in [0.1, 0.15) is 124 Å². The van der Waals surface area contributed by atoms with E-state index in [0.717, 1.165) is 22.3 Å². The van der Waals surface area contributed by atoms with Crippen LogP contribution in [0.25, 0.3) is 0 Å². The van der Waals surface area contributed by atoms with E-state index in [1.54, 1.807) is 0 Å². The number of carbonyl (C=O) groups is 4. The zero-order valence-electron chi connectivity index (χ0n) is 57.9. The average molecular weight is 1330 g/mol. The van der Waals surface area contributed by atoms with Gasteiger partial charge in [-0.05, 0) is 144 Å². The van der Waals surface area contributed by atoms with Gasteiger partial charge in [0.1, 0.15) is 84.9 Å². The van der Waals surface area contributed by atoms with Crippen LogP contribution in [-0.4, -0.2) is 167 Å². The summed E-state index contributed by atoms with van der Waals surface area (Å²) < 4.78 is 47.6. The molecule has 6 heterocycles. The fourth-order valence-corrected chi connectivity index (χ4v) is 15.5. The maximum Gasteiger partial charge on any atom is 0.236 e. The van der Waals surface area contributed by atoms with Gasteiger partial charge in [-0.1, -0.05) is 140 Å². The third-order valence-corrected chi connectivity index (χ3v) is 20.5. The highest BCUT2D eigenvalue weighted by atomic mass is 16.7. The molecule has 6 aliphatic heterocycles. The third kappa shape index (κ3) is 14.5. The molecule has 0 aromatic heterocycles. The second-order valence-corrected chi connectivity index (χ2v) is 30.2. The topological polar surface area (TPSA) is 250 Å². The van der Waals surface area contributed by atoms with E-state index in [4.69, 9.17) is 37.9 Å². The number of aliphatic hydroxyl groups is 3. The molecule has 0 spiro atoms. The van der Waals surface area contributed by atoms with Gasteiger partial charge in [-0.3, -0.25) is 29.0 Å². The number of hydrogen-bond donors (Lipinski definition) is 5. The fraction of sp³-hybridized carbons (Fsp3) is 0.513. The Labute approximate surface area is 569 Å². The van der Waals surface area contributed by atoms with Crippen molar-refractivity contribution in [1.82, 2.24) is 9.80 Å². The van der Waals surface area contributed by atoms with Crippen LogP contribution in [-0.2, 0) is 53.7 Å². The SMILES string of the molecule is Cc1cc(C(c2cc(C)c(O)c(C)c2)C23C=CC(O2)C2C(=O)N(CC(C)(C)CC(C)CCN4C(=O)C5C6C=CC(COCC(O)COc7ccc(C(C)(C)c8ccc(OCC(O)COCOCC(O)COc9ccc(C(C)(C)C)cc9)cc8)cc7)(O6)C5C4=O)C(=O)C23)cc(C)c1O. The zero-order chi connectivity index (χ0) is 69.7. The highest BCUT2D eigenvalue weighted by Gasteiger charge is 2.71. The van der Waals surface area contributed by atoms with Crippen LogP contribution in [0, 0.1) is 62.7 Å². The highest BCUT2D eigenvalue weighted by Crippen LogP contribution is 2.60. The Kier molecular flexibility index (Phi) is 20.5. The molecule has 5 N–H and O–H groups in total. The summed E-state index contributed by atoms with van der Waals surface area (Å²) >= 11 is 0. The van der Waals surface area contributed by atoms with E-state index in [1.165, 1.54) is 15.4 Å². The van der Waals surface area contributed by atoms with Crippen LogP contribution >= 0.6 is 0 Å². The molecule has 0 aliphatic carbocycles. The van der Waals surface area contributed by atoms with Crippen molar-refractivity contribution in [2.24, 2.45) is 35.0 Å². The van der Waals surface area contributed by atoms with Crippen molar-refractivity contribution in [3.8, 4) is 28.7 Å². The van der Waals surface area contributed by atoms with Crippen molar-refractivity contribution in [3.05, 3.63) is 171 Å². The normalized spacial score (nSPS) is 24.6. The lowest BCUT2D eigenvalue weighted by Gasteiger charge is -2.39. The molecule has 4 fully saturated rings. The number of phenolic OH excluding ortho intramolecular Hbond substituents is 2. The van der Waals surface area contributed by atoms with Crippen LogP contribution in [0.5, 0.6) is 28.7 Å². The van der Waals surface area contributed by atoms with Crippen LogP contribution in [0.4, 0.5) is 0 Å². The van der Waals surface area contributed by atoms with Gasteiger partial charge in [0.25, 0.3) is 0 Å². The molecule has 4 saturated heterocycles. The molecule has 19 nitrogen and oxygen atoms in total. The molecular weight excluding hydrogens is 1240 g/mol. The minimum atomic E-state index is -1.22. The molecule has 5 aromatic rings. The van der Waals surface area contributed by atoms with E-state index >= 15 is 0 Å². The Balaban J connectivity index is 0.603. The first-order valence-electron chi connectivity index (χ1n) is 33.9. The van der Waals surface area contributed by atoms with Crippen molar-refractivity contribution in [2.75, 3.05) is 66.1 Å². The van der Waals surface area contributed by atoms with Crippen LogP contribution in [0.2, 0.25) is 0 Å². The molecule has 12 unspecified atom stereocenters. The van der Waals surface area contributed by atoms with Crippen molar-refractivity contribution in [1.29, 1.82) is 0 Å². The number of fused-ring (bicyclic) bond motifs is 10. The zero-order valence-corrected chi connectivity index (χ0v) is 57.9. The van der Waals surface area contributed by atoms with Gasteiger partial charge in [-0.25, -0.2) is 0 Å². The van der Waals surface area contributed by atoms with Gasteiger partial charge in [0.15, 0.2) is 0 Å². The Morgan fingerprint density at radius 2 is 0.948 bits per heavy atom. The lowest BCUT2D eigenvalue weighted by Crippen LogP contribution is -2.47. The lowest BCUT2D eigenvalue weighted by molar-refractivity contribution is -0.148. The van der Waals surface area contributed by atoms with Gasteiger partial charge in [-0.2, -0.15) is 0 Å². The smallest absolute Gasteiger partial charge is 0.236 e. The summed E-state index contributed by atoms with van der Waals surface area (Å²) in [5.74, 6) is -2.59. The van der Waals surface area contributed by atoms with Crippen LogP contribution in [0.3, 0.4) is 0 Å². The minimum absolute atomic E-state index is 0.00541. The summed E-state index contributed by atoms with van der Waals surface area (Å²) in [6, 6.07) is 30.7. The number of rotatable bonds is 31. The summed E-state index contributed by atoms with van der Waals surface area (Å²) in [6.45, 7) is 24.2. The number of benzene rings is 5. The third-order valence-electron chi connectivity index (χ3n) is 20.5. The molecule has 11 rings (SSSR count). The van der Waals surface area contributed by atoms with Gasteiger partial charge < -0.3 is 63.4 Å². The summed E-state index contributed by atoms with van der Waals surface area (Å²) in [5, 5.41) is 53.4. The quantitative estimate of drug-likeness (QED) is 0.0120. The van der Waals surface area contributed by atoms with Gasteiger partial charge in [0.05, 0.1) is 62.3 Å². The Hall–Kier alpha value is -7.46. The summed E-state index contributed by atoms with van der Waals surface area (Å²) in [5.41, 5.74) is 4.26. The van der Waals surface area contributed by atoms with Crippen molar-refractivity contribution in [2.45, 2.75) is 154 Å². The van der Waals surface area contributed by atoms with Gasteiger partial charge in [-0.15, -0.1) is 0 Å². The summed E-state index contributed by atoms with van der Waals surface area (Å²) in [6.07, 6.45) is 4.60. The summed E-state index contributed by atoms with van der Waals surface area (Å²) in [7, 11) is 0. The molecule has 19 heteroatoms. The van der Waals surface area contributed by atoms with Gasteiger partial charge in [0.2, 0.25) is 23.6 Å². The number of likely N-dealkylation sites (tertiary alicyclic amines) is 2. The number of aryl methyl sites for hydroxylation is 4. The number of ether oxygens (including phenoxy) is 8. The second-order valence-electron chi connectivity index (χ2n) is 30.2. The van der Waals surface area contributed by atoms with Gasteiger partial charge >= 0.3 is 0 Å². The summed E-state index contributed by atoms with van der Waals surface area (Å²) in [4.78, 5) is 60.7. The Bertz CT molecular complexity index is 3660. The van der Waals surface area contributed by atoms with E-state index in [9.17, 15) is 44.7 Å². The van der Waals surface area contributed by atoms with E-state index in [0.29, 0.717) is 52.3 Å². The number of aromatic hydroxyl groups is 2. The number of carbonyl (C=O) groups excluding carboxylic acids is 4. The lowest BCUT2D eigenvalue weighted by atomic mass is 9.66. The molecule has 97 heavy (non-hydrogen) atoms. The predicted molar refractivity (Wildman–Crippen MR) is 362 cm³/mol. The molecule has 0 radical (unpaired) electrons. The molecular formula is C78H96N2O17. The first-order chi connectivity index (χ1) is 45.9. The van der Waals surface area contributed by atoms with E-state index < -0.39 is 82.1 Å². The van der Waals surface area contributed by atoms with Gasteiger partial charge in [0, 0.05) is 24.4 Å². The molecule has 5 aromatic carbocycles. The number of imide groups is 2. The highest BCUT2D eigenvalue weighted by molar-refractivity contribution is 6.08. The second kappa shape index (κ2) is 28.0. The van der Waals surface area contributed by atoms with E-state index in [1.807, 2.05) is 163 Å². The van der Waals surface area contributed by atoms with Crippen molar-refractivity contribution >= 4 is 23.6 Å². The fourth-order valence-electron chi connectivity index (χ4n) is 15.5. The van der Waals surface area contributed by atoms with E-state index in [-0.39, 0.29) is 113 Å². The van der Waals surface area contributed by atoms with Crippen molar-refractivity contribution in [3.63, 3.8) is 0 Å². The number of aliphatic hydroxyl groups excluding tert-OH is 3. The minimum Gasteiger partial charge on any atom is -0.507 e. The molecule has 4 amide bonds. The Morgan fingerprint density at radius 1 is 0.526 bits per heavy atom.